The van der Waals surface area contributed by atoms with Gasteiger partial charge in [-0.15, -0.1) is 0 Å². The van der Waals surface area contributed by atoms with Gasteiger partial charge in [0, 0.05) is 18.2 Å². The summed E-state index contributed by atoms with van der Waals surface area (Å²) in [7, 11) is 1.66. The Labute approximate surface area is 90.1 Å². The first-order valence-corrected chi connectivity index (χ1v) is 5.16. The summed E-state index contributed by atoms with van der Waals surface area (Å²) < 4.78 is 5.19. The lowest BCUT2D eigenvalue weighted by Gasteiger charge is -2.25. The van der Waals surface area contributed by atoms with E-state index in [2.05, 4.69) is 5.32 Å². The minimum absolute atomic E-state index is 0.127. The number of ether oxygens (including phenoxy) is 1. The number of anilines is 1. The molecule has 0 radical (unpaired) electrons. The highest BCUT2D eigenvalue weighted by Gasteiger charge is 2.34. The zero-order valence-corrected chi connectivity index (χ0v) is 9.37. The number of nitrogens with one attached hydrogen (secondary N) is 1. The number of aliphatic hydroxyl groups is 1. The lowest BCUT2D eigenvalue weighted by Crippen LogP contribution is -2.30. The van der Waals surface area contributed by atoms with Crippen molar-refractivity contribution in [3.05, 3.63) is 23.8 Å². The van der Waals surface area contributed by atoms with Crippen LogP contribution in [0.25, 0.3) is 0 Å². The molecule has 1 heterocycles. The minimum Gasteiger partial charge on any atom is -0.497 e. The van der Waals surface area contributed by atoms with Crippen molar-refractivity contribution in [2.75, 3.05) is 19.0 Å². The average Bonchev–Trinajstić information content (AvgIpc) is 2.59. The number of rotatable bonds is 2. The van der Waals surface area contributed by atoms with Crippen molar-refractivity contribution in [1.82, 2.24) is 0 Å². The van der Waals surface area contributed by atoms with E-state index in [0.29, 0.717) is 0 Å². The lowest BCUT2D eigenvalue weighted by molar-refractivity contribution is 0.0561. The van der Waals surface area contributed by atoms with Crippen LogP contribution >= 0.6 is 0 Å². The van der Waals surface area contributed by atoms with Gasteiger partial charge in [-0.05, 0) is 37.6 Å². The quantitative estimate of drug-likeness (QED) is 0.779. The van der Waals surface area contributed by atoms with Crippen LogP contribution in [0.2, 0.25) is 0 Å². The molecular formula is C12H17NO2. The molecule has 0 fully saturated rings. The van der Waals surface area contributed by atoms with E-state index < -0.39 is 5.60 Å². The number of fused-ring (bicyclic) bond motifs is 1. The van der Waals surface area contributed by atoms with Gasteiger partial charge in [0.1, 0.15) is 5.75 Å². The van der Waals surface area contributed by atoms with E-state index in [4.69, 9.17) is 4.74 Å². The monoisotopic (exact) mass is 207 g/mol. The molecule has 82 valence electrons. The van der Waals surface area contributed by atoms with Gasteiger partial charge in [-0.1, -0.05) is 0 Å². The van der Waals surface area contributed by atoms with E-state index in [0.717, 1.165) is 23.5 Å². The summed E-state index contributed by atoms with van der Waals surface area (Å²) in [5.74, 6) is 0.967. The number of methoxy groups -OCH3 is 1. The molecule has 3 nitrogen and oxygen atoms in total. The Bertz CT molecular complexity index is 368. The molecule has 1 unspecified atom stereocenters. The number of benzene rings is 1. The highest BCUT2D eigenvalue weighted by molar-refractivity contribution is 5.60. The zero-order chi connectivity index (χ0) is 11.1. The average molecular weight is 207 g/mol. The van der Waals surface area contributed by atoms with Gasteiger partial charge < -0.3 is 15.2 Å². The summed E-state index contributed by atoms with van der Waals surface area (Å²) in [4.78, 5) is 0. The van der Waals surface area contributed by atoms with Crippen LogP contribution in [-0.4, -0.2) is 24.4 Å². The Morgan fingerprint density at radius 1 is 1.47 bits per heavy atom. The van der Waals surface area contributed by atoms with Crippen LogP contribution in [0.4, 0.5) is 5.69 Å². The zero-order valence-electron chi connectivity index (χ0n) is 9.37. The summed E-state index contributed by atoms with van der Waals surface area (Å²) in [6.45, 7) is 4.47. The molecule has 1 aromatic rings. The Balaban J connectivity index is 2.40. The maximum Gasteiger partial charge on any atom is 0.119 e. The third-order valence-corrected chi connectivity index (χ3v) is 2.98. The lowest BCUT2D eigenvalue weighted by atomic mass is 9.86. The van der Waals surface area contributed by atoms with Crippen molar-refractivity contribution in [3.63, 3.8) is 0 Å². The topological polar surface area (TPSA) is 41.5 Å². The fourth-order valence-electron chi connectivity index (χ4n) is 2.07. The number of hydrogen-bond donors (Lipinski definition) is 2. The molecule has 0 saturated carbocycles. The molecule has 2 rings (SSSR count). The highest BCUT2D eigenvalue weighted by Crippen LogP contribution is 2.39. The first-order chi connectivity index (χ1) is 7.02. The maximum atomic E-state index is 10.0. The van der Waals surface area contributed by atoms with Crippen LogP contribution in [-0.2, 0) is 0 Å². The van der Waals surface area contributed by atoms with Crippen LogP contribution < -0.4 is 10.1 Å². The number of hydrogen-bond acceptors (Lipinski definition) is 3. The predicted molar refractivity (Wildman–Crippen MR) is 60.5 cm³/mol. The van der Waals surface area contributed by atoms with Crippen molar-refractivity contribution >= 4 is 5.69 Å². The third kappa shape index (κ3) is 1.79. The van der Waals surface area contributed by atoms with Crippen molar-refractivity contribution in [3.8, 4) is 5.75 Å². The Kier molecular flexibility index (Phi) is 2.35. The maximum absolute atomic E-state index is 10.0. The van der Waals surface area contributed by atoms with Gasteiger partial charge in [0.15, 0.2) is 0 Å². The Morgan fingerprint density at radius 3 is 2.80 bits per heavy atom. The molecular weight excluding hydrogens is 190 g/mol. The molecule has 2 N–H and O–H groups in total. The normalized spacial score (nSPS) is 19.6. The Morgan fingerprint density at radius 2 is 2.20 bits per heavy atom. The van der Waals surface area contributed by atoms with E-state index >= 15 is 0 Å². The summed E-state index contributed by atoms with van der Waals surface area (Å²) in [6, 6.07) is 5.93. The van der Waals surface area contributed by atoms with E-state index in [1.807, 2.05) is 32.0 Å². The van der Waals surface area contributed by atoms with E-state index in [1.165, 1.54) is 0 Å². The van der Waals surface area contributed by atoms with Crippen molar-refractivity contribution < 1.29 is 9.84 Å². The predicted octanol–water partition coefficient (Wildman–Crippen LogP) is 1.98. The fraction of sp³-hybridized carbons (Fsp3) is 0.500. The second-order valence-corrected chi connectivity index (χ2v) is 4.54. The standard InChI is InChI=1S/C12H17NO2/c1-12(2,14)10-7-13-11-5-4-8(15-3)6-9(10)11/h4-6,10,13-14H,7H2,1-3H3. The molecule has 0 amide bonds. The van der Waals surface area contributed by atoms with Crippen molar-refractivity contribution in [2.24, 2.45) is 0 Å². The molecule has 1 aromatic carbocycles. The third-order valence-electron chi connectivity index (χ3n) is 2.98. The molecule has 0 aliphatic carbocycles. The molecule has 0 spiro atoms. The van der Waals surface area contributed by atoms with Gasteiger partial charge in [-0.3, -0.25) is 0 Å². The molecule has 1 atom stereocenters. The second-order valence-electron chi connectivity index (χ2n) is 4.54. The smallest absolute Gasteiger partial charge is 0.119 e. The largest absolute Gasteiger partial charge is 0.497 e. The van der Waals surface area contributed by atoms with Crippen LogP contribution in [0, 0.1) is 0 Å². The summed E-state index contributed by atoms with van der Waals surface area (Å²) >= 11 is 0. The van der Waals surface area contributed by atoms with Crippen molar-refractivity contribution in [2.45, 2.75) is 25.4 Å². The van der Waals surface area contributed by atoms with Gasteiger partial charge >= 0.3 is 0 Å². The van der Waals surface area contributed by atoms with Crippen molar-refractivity contribution in [1.29, 1.82) is 0 Å². The summed E-state index contributed by atoms with van der Waals surface area (Å²) in [5.41, 5.74) is 1.54. The summed E-state index contributed by atoms with van der Waals surface area (Å²) in [6.07, 6.45) is 0. The molecule has 1 aliphatic heterocycles. The first kappa shape index (κ1) is 10.3. The SMILES string of the molecule is COc1ccc2c(c1)C(C(C)(C)O)CN2. The van der Waals surface area contributed by atoms with Crippen LogP contribution in [0.1, 0.15) is 25.3 Å². The van der Waals surface area contributed by atoms with Gasteiger partial charge in [0.25, 0.3) is 0 Å². The highest BCUT2D eigenvalue weighted by atomic mass is 16.5. The van der Waals surface area contributed by atoms with Gasteiger partial charge in [0.05, 0.1) is 12.7 Å². The molecule has 3 heteroatoms. The second kappa shape index (κ2) is 3.42. The molecule has 0 aromatic heterocycles. The molecule has 0 saturated heterocycles. The van der Waals surface area contributed by atoms with E-state index in [9.17, 15) is 5.11 Å². The first-order valence-electron chi connectivity index (χ1n) is 5.16. The van der Waals surface area contributed by atoms with Crippen LogP contribution in [0.15, 0.2) is 18.2 Å². The molecule has 1 aliphatic rings. The van der Waals surface area contributed by atoms with E-state index in [-0.39, 0.29) is 5.92 Å². The minimum atomic E-state index is -0.704. The van der Waals surface area contributed by atoms with E-state index in [1.54, 1.807) is 7.11 Å². The summed E-state index contributed by atoms with van der Waals surface area (Å²) in [5, 5.41) is 13.3. The molecule has 15 heavy (non-hydrogen) atoms. The van der Waals surface area contributed by atoms with Crippen LogP contribution in [0.3, 0.4) is 0 Å². The van der Waals surface area contributed by atoms with Gasteiger partial charge in [0.2, 0.25) is 0 Å². The van der Waals surface area contributed by atoms with Crippen LogP contribution in [0.5, 0.6) is 5.75 Å². The Hall–Kier alpha value is -1.22. The molecule has 0 bridgehead atoms. The van der Waals surface area contributed by atoms with Gasteiger partial charge in [-0.2, -0.15) is 0 Å². The fourth-order valence-corrected chi connectivity index (χ4v) is 2.07. The van der Waals surface area contributed by atoms with Gasteiger partial charge in [-0.25, -0.2) is 0 Å².